The van der Waals surface area contributed by atoms with Crippen LogP contribution in [0, 0.1) is 13.8 Å². The Morgan fingerprint density at radius 2 is 0.882 bits per heavy atom. The number of nitrogens with zero attached hydrogens (tertiary/aromatic N) is 10. The van der Waals surface area contributed by atoms with Crippen molar-refractivity contribution in [2.24, 2.45) is 0 Å². The van der Waals surface area contributed by atoms with E-state index in [-0.39, 0.29) is 34.7 Å². The van der Waals surface area contributed by atoms with Crippen molar-refractivity contribution in [1.82, 2.24) is 48.8 Å². The highest BCUT2D eigenvalue weighted by Gasteiger charge is 2.36. The van der Waals surface area contributed by atoms with Gasteiger partial charge in [0.05, 0.1) is 61.4 Å². The molecule has 0 saturated heterocycles. The van der Waals surface area contributed by atoms with E-state index >= 15 is 0 Å². The zero-order valence-corrected chi connectivity index (χ0v) is 44.2. The maximum absolute atomic E-state index is 13.6. The molecule has 2 aromatic carbocycles. The summed E-state index contributed by atoms with van der Waals surface area (Å²) in [6, 6.07) is 31.7. The first kappa shape index (κ1) is 52.5. The molecule has 0 bridgehead atoms. The van der Waals surface area contributed by atoms with Crippen molar-refractivity contribution < 1.29 is 54.8 Å². The van der Waals surface area contributed by atoms with Crippen LogP contribution in [-0.2, 0) is 31.2 Å². The monoisotopic (exact) mass is 1070 g/mol. The van der Waals surface area contributed by atoms with Gasteiger partial charge in [-0.2, -0.15) is 10.2 Å². The number of pyridine rings is 2. The highest BCUT2D eigenvalue weighted by Crippen LogP contribution is 2.39. The summed E-state index contributed by atoms with van der Waals surface area (Å²) in [4.78, 5) is 0. The Hall–Kier alpha value is -8.32. The predicted octanol–water partition coefficient (Wildman–Crippen LogP) is 7.08. The summed E-state index contributed by atoms with van der Waals surface area (Å²) in [5.41, 5.74) is 2.84. The number of sulfone groups is 2. The van der Waals surface area contributed by atoms with Crippen molar-refractivity contribution in [3.63, 3.8) is 0 Å². The number of ether oxygens (including phenoxy) is 4. The van der Waals surface area contributed by atoms with Crippen molar-refractivity contribution in [3.05, 3.63) is 156 Å². The largest absolute Gasteiger partial charge is 0.494 e. The van der Waals surface area contributed by atoms with E-state index in [9.17, 15) is 27.0 Å². The number of hydrogen-bond acceptors (Lipinski definition) is 18. The fraction of sp³-hybridized carbons (Fsp3) is 0.269. The molecule has 24 heteroatoms. The molecule has 0 aliphatic carbocycles. The number of aryl methyl sites for hydroxylation is 2. The van der Waals surface area contributed by atoms with Crippen LogP contribution in [-0.4, -0.2) is 115 Å². The molecule has 8 aromatic heterocycles. The fourth-order valence-corrected chi connectivity index (χ4v) is 11.2. The number of aromatic nitrogens is 10. The Kier molecular flexibility index (Phi) is 14.9. The lowest BCUT2D eigenvalue weighted by molar-refractivity contribution is 0.170. The molecule has 10 rings (SSSR count). The van der Waals surface area contributed by atoms with Crippen LogP contribution in [0.5, 0.6) is 23.0 Å². The summed E-state index contributed by atoms with van der Waals surface area (Å²) in [6.07, 6.45) is 0.741. The Morgan fingerprint density at radius 3 is 1.20 bits per heavy atom. The quantitative estimate of drug-likeness (QED) is 0.0869. The minimum absolute atomic E-state index is 0.103. The number of furan rings is 2. The molecule has 396 valence electrons. The fourth-order valence-electron chi connectivity index (χ4n) is 8.52. The number of hydrogen-bond donors (Lipinski definition) is 2. The van der Waals surface area contributed by atoms with Gasteiger partial charge in [-0.1, -0.05) is 24.3 Å². The molecular formula is C52H54N10O12S2. The van der Waals surface area contributed by atoms with E-state index in [2.05, 4.69) is 30.6 Å². The highest BCUT2D eigenvalue weighted by atomic mass is 32.2. The lowest BCUT2D eigenvalue weighted by Crippen LogP contribution is -2.28. The second-order valence-electron chi connectivity index (χ2n) is 17.6. The average molecular weight is 1080 g/mol. The standard InChI is InChI=1S/2C26H27N5O6S/c2*1-16-11-12-22(37-16)26-28-27-23(31(26)24-20(35-3)9-7-10-21(24)36-4)15-38(33,34)17(2)25(32)19-14-18-8-5-6-13-30(18)29-19/h2*5-14,17,25,32H,15H2,1-4H3/t2*17-,25-/m10/s1. The summed E-state index contributed by atoms with van der Waals surface area (Å²) in [5, 5.41) is 45.3. The second kappa shape index (κ2) is 21.5. The molecule has 22 nitrogen and oxygen atoms in total. The number of rotatable bonds is 18. The zero-order chi connectivity index (χ0) is 54.1. The van der Waals surface area contributed by atoms with E-state index in [4.69, 9.17) is 27.8 Å². The maximum atomic E-state index is 13.6. The molecule has 0 amide bonds. The first-order chi connectivity index (χ1) is 36.5. The van der Waals surface area contributed by atoms with E-state index in [1.54, 1.807) is 129 Å². The van der Waals surface area contributed by atoms with E-state index in [1.165, 1.54) is 42.3 Å². The minimum atomic E-state index is -3.97. The van der Waals surface area contributed by atoms with Gasteiger partial charge in [-0.05, 0) is 113 Å². The van der Waals surface area contributed by atoms with Crippen molar-refractivity contribution in [3.8, 4) is 57.5 Å². The second-order valence-corrected chi connectivity index (χ2v) is 22.3. The van der Waals surface area contributed by atoms with E-state index in [0.717, 1.165) is 11.0 Å². The molecule has 0 aliphatic heterocycles. The van der Waals surface area contributed by atoms with Gasteiger partial charge < -0.3 is 38.0 Å². The maximum Gasteiger partial charge on any atom is 0.204 e. The van der Waals surface area contributed by atoms with Crippen LogP contribution in [0.2, 0.25) is 0 Å². The molecule has 76 heavy (non-hydrogen) atoms. The molecule has 0 spiro atoms. The van der Waals surface area contributed by atoms with Crippen molar-refractivity contribution in [2.75, 3.05) is 28.4 Å². The highest BCUT2D eigenvalue weighted by molar-refractivity contribution is 7.91. The Bertz CT molecular complexity index is 3550. The van der Waals surface area contributed by atoms with Gasteiger partial charge in [0, 0.05) is 12.4 Å². The molecule has 0 unspecified atom stereocenters. The third-order valence-electron chi connectivity index (χ3n) is 12.7. The van der Waals surface area contributed by atoms with Crippen molar-refractivity contribution >= 4 is 30.7 Å². The van der Waals surface area contributed by atoms with Crippen molar-refractivity contribution in [1.29, 1.82) is 0 Å². The Balaban J connectivity index is 0.000000186. The van der Waals surface area contributed by atoms with Gasteiger partial charge in [0.1, 0.15) is 69.6 Å². The smallest absolute Gasteiger partial charge is 0.204 e. The Labute approximate surface area is 436 Å². The number of benzene rings is 2. The summed E-state index contributed by atoms with van der Waals surface area (Å²) in [5.74, 6) is 3.49. The molecule has 0 fully saturated rings. The average Bonchev–Trinajstić information content (AvgIpc) is 4.31. The molecular weight excluding hydrogens is 1020 g/mol. The molecule has 10 aromatic rings. The molecule has 4 atom stereocenters. The SMILES string of the molecule is COc1cccc(OC)c1-n1c(CS(=O)(=O)[C@@H](C)[C@H](O)c2cc3ccccn3n2)nnc1-c1ccc(C)o1.COc1cccc(OC)c1-n1c(CS(=O)(=O)[C@H](C)[C@@H](O)c2cc3ccccn3n2)nnc1-c1ccc(C)o1. The van der Waals surface area contributed by atoms with Crippen LogP contribution in [0.15, 0.2) is 130 Å². The molecule has 0 aliphatic rings. The van der Waals surface area contributed by atoms with Gasteiger partial charge in [-0.25, -0.2) is 25.9 Å². The third-order valence-corrected chi connectivity index (χ3v) is 16.8. The van der Waals surface area contributed by atoms with Gasteiger partial charge in [-0.15, -0.1) is 20.4 Å². The summed E-state index contributed by atoms with van der Waals surface area (Å²) in [6.45, 7) is 6.49. The van der Waals surface area contributed by atoms with Gasteiger partial charge in [0.25, 0.3) is 0 Å². The van der Waals surface area contributed by atoms with Gasteiger partial charge in [-0.3, -0.25) is 9.13 Å². The lowest BCUT2D eigenvalue weighted by Gasteiger charge is -2.19. The lowest BCUT2D eigenvalue weighted by atomic mass is 10.2. The van der Waals surface area contributed by atoms with Gasteiger partial charge in [0.2, 0.25) is 11.6 Å². The number of aliphatic hydroxyl groups excluding tert-OH is 2. The van der Waals surface area contributed by atoms with Crippen LogP contribution < -0.4 is 18.9 Å². The summed E-state index contributed by atoms with van der Waals surface area (Å²) in [7, 11) is -1.92. The van der Waals surface area contributed by atoms with E-state index in [0.29, 0.717) is 57.4 Å². The molecule has 0 radical (unpaired) electrons. The van der Waals surface area contributed by atoms with Crippen LogP contribution in [0.3, 0.4) is 0 Å². The summed E-state index contributed by atoms with van der Waals surface area (Å²) >= 11 is 0. The van der Waals surface area contributed by atoms with Crippen LogP contribution >= 0.6 is 0 Å². The zero-order valence-electron chi connectivity index (χ0n) is 42.5. The normalized spacial score (nSPS) is 13.5. The molecule has 0 saturated carbocycles. The van der Waals surface area contributed by atoms with Gasteiger partial charge in [0.15, 0.2) is 42.8 Å². The molecule has 2 N–H and O–H groups in total. The molecule has 8 heterocycles. The number of aliphatic hydroxyl groups is 2. The van der Waals surface area contributed by atoms with Crippen molar-refractivity contribution in [2.45, 2.75) is 61.9 Å². The predicted molar refractivity (Wildman–Crippen MR) is 278 cm³/mol. The Morgan fingerprint density at radius 1 is 0.513 bits per heavy atom. The number of fused-ring (bicyclic) bond motifs is 2. The minimum Gasteiger partial charge on any atom is -0.494 e. The summed E-state index contributed by atoms with van der Waals surface area (Å²) < 4.78 is 94.6. The first-order valence-electron chi connectivity index (χ1n) is 23.6. The van der Waals surface area contributed by atoms with E-state index < -0.39 is 53.9 Å². The number of methoxy groups -OCH3 is 4. The first-order valence-corrected chi connectivity index (χ1v) is 27.0. The number of para-hydroxylation sites is 2. The van der Waals surface area contributed by atoms with Crippen LogP contribution in [0.1, 0.15) is 60.6 Å². The van der Waals surface area contributed by atoms with Crippen LogP contribution in [0.25, 0.3) is 45.6 Å². The topological polar surface area (TPSA) is 268 Å². The van der Waals surface area contributed by atoms with Gasteiger partial charge >= 0.3 is 0 Å². The van der Waals surface area contributed by atoms with E-state index in [1.807, 2.05) is 24.3 Å². The van der Waals surface area contributed by atoms with Crippen LogP contribution in [0.4, 0.5) is 0 Å². The third kappa shape index (κ3) is 10.3.